The molecule has 2 N–H and O–H groups in total. The number of fused-ring (bicyclic) bond motifs is 2. The van der Waals surface area contributed by atoms with Gasteiger partial charge >= 0.3 is 0 Å². The van der Waals surface area contributed by atoms with E-state index in [-0.39, 0.29) is 17.6 Å². The van der Waals surface area contributed by atoms with Gasteiger partial charge in [-0.25, -0.2) is 9.37 Å². The lowest BCUT2D eigenvalue weighted by Crippen LogP contribution is -2.13. The molecule has 1 saturated carbocycles. The number of imidazole rings is 1. The van der Waals surface area contributed by atoms with Crippen molar-refractivity contribution in [2.24, 2.45) is 5.92 Å². The number of rotatable bonds is 4. The molecule has 0 aliphatic heterocycles. The maximum absolute atomic E-state index is 15.2. The molecule has 1 fully saturated rings. The van der Waals surface area contributed by atoms with Crippen molar-refractivity contribution in [1.82, 2.24) is 24.6 Å². The molecule has 0 saturated heterocycles. The molecule has 0 bridgehead atoms. The molecular weight excluding hydrogens is 373 g/mol. The monoisotopic (exact) mass is 393 g/mol. The summed E-state index contributed by atoms with van der Waals surface area (Å²) in [5, 5.41) is 10.7. The van der Waals surface area contributed by atoms with Crippen LogP contribution < -0.4 is 10.2 Å². The predicted molar refractivity (Wildman–Crippen MR) is 108 cm³/mol. The van der Waals surface area contributed by atoms with Crippen molar-refractivity contribution in [2.75, 3.05) is 24.3 Å². The molecule has 5 rings (SSSR count). The van der Waals surface area contributed by atoms with Crippen LogP contribution in [0.4, 0.5) is 15.9 Å². The fraction of sp³-hybridized carbons (Fsp3) is 0.300. The van der Waals surface area contributed by atoms with Crippen LogP contribution in [0, 0.1) is 18.7 Å². The van der Waals surface area contributed by atoms with Crippen molar-refractivity contribution in [3.63, 3.8) is 0 Å². The summed E-state index contributed by atoms with van der Waals surface area (Å²) in [5.74, 6) is 0.273. The van der Waals surface area contributed by atoms with Crippen LogP contribution in [0.25, 0.3) is 27.8 Å². The summed E-state index contributed by atoms with van der Waals surface area (Å²) in [4.78, 5) is 22.6. The van der Waals surface area contributed by atoms with Crippen molar-refractivity contribution in [3.05, 3.63) is 36.2 Å². The zero-order valence-corrected chi connectivity index (χ0v) is 16.3. The second-order valence-electron chi connectivity index (χ2n) is 7.64. The zero-order chi connectivity index (χ0) is 20.3. The minimum Gasteiger partial charge on any atom is -0.374 e. The standard InChI is InChI=1S/C20H20FN7O/c1-10-16(12-6-23-26-18(12)19(17(10)21)27(2)3)13-8-28-9-14(24-15(28)7-22-13)25-20(29)11-4-5-11/h6-9,11H,4-5H2,1-3H3,(H,23,26)(H,25,29). The van der Waals surface area contributed by atoms with Gasteiger partial charge in [0.2, 0.25) is 5.91 Å². The van der Waals surface area contributed by atoms with Crippen LogP contribution in [0.5, 0.6) is 0 Å². The number of hydrogen-bond acceptors (Lipinski definition) is 5. The number of benzene rings is 1. The second kappa shape index (κ2) is 6.26. The Hall–Kier alpha value is -3.49. The van der Waals surface area contributed by atoms with E-state index in [1.807, 2.05) is 0 Å². The topological polar surface area (TPSA) is 91.2 Å². The van der Waals surface area contributed by atoms with E-state index in [0.717, 1.165) is 18.2 Å². The molecule has 8 nitrogen and oxygen atoms in total. The molecule has 148 valence electrons. The van der Waals surface area contributed by atoms with Crippen molar-refractivity contribution in [3.8, 4) is 11.3 Å². The van der Waals surface area contributed by atoms with Gasteiger partial charge in [-0.1, -0.05) is 0 Å². The lowest BCUT2D eigenvalue weighted by atomic mass is 9.99. The van der Waals surface area contributed by atoms with Crippen molar-refractivity contribution >= 4 is 34.0 Å². The largest absolute Gasteiger partial charge is 0.374 e. The minimum absolute atomic E-state index is 0.00103. The van der Waals surface area contributed by atoms with Gasteiger partial charge < -0.3 is 14.6 Å². The first-order chi connectivity index (χ1) is 13.9. The fourth-order valence-electron chi connectivity index (χ4n) is 3.67. The average molecular weight is 393 g/mol. The number of amides is 1. The number of anilines is 2. The number of halogens is 1. The van der Waals surface area contributed by atoms with Crippen LogP contribution >= 0.6 is 0 Å². The maximum atomic E-state index is 15.2. The van der Waals surface area contributed by atoms with E-state index in [9.17, 15) is 4.79 Å². The number of H-pyrrole nitrogens is 1. The number of aromatic amines is 1. The van der Waals surface area contributed by atoms with Gasteiger partial charge in [0, 0.05) is 37.2 Å². The first kappa shape index (κ1) is 17.6. The van der Waals surface area contributed by atoms with Crippen molar-refractivity contribution in [1.29, 1.82) is 0 Å². The minimum atomic E-state index is -0.313. The van der Waals surface area contributed by atoms with Gasteiger partial charge in [0.1, 0.15) is 0 Å². The number of carbonyl (C=O) groups is 1. The molecule has 1 aliphatic rings. The molecule has 0 atom stereocenters. The fourth-order valence-corrected chi connectivity index (χ4v) is 3.67. The highest BCUT2D eigenvalue weighted by atomic mass is 19.1. The summed E-state index contributed by atoms with van der Waals surface area (Å²) >= 11 is 0. The Morgan fingerprint density at radius 1 is 1.31 bits per heavy atom. The van der Waals surface area contributed by atoms with E-state index in [4.69, 9.17) is 0 Å². The summed E-state index contributed by atoms with van der Waals surface area (Å²) < 4.78 is 17.0. The molecule has 29 heavy (non-hydrogen) atoms. The molecule has 9 heteroatoms. The Morgan fingerprint density at radius 2 is 2.10 bits per heavy atom. The van der Waals surface area contributed by atoms with Gasteiger partial charge in [0.15, 0.2) is 17.3 Å². The molecular formula is C20H20FN7O. The molecule has 3 aromatic heterocycles. The summed E-state index contributed by atoms with van der Waals surface area (Å²) in [7, 11) is 3.59. The Labute approximate surface area is 165 Å². The van der Waals surface area contributed by atoms with Crippen LogP contribution in [0.3, 0.4) is 0 Å². The summed E-state index contributed by atoms with van der Waals surface area (Å²) in [6.45, 7) is 1.74. The van der Waals surface area contributed by atoms with Gasteiger partial charge in [-0.2, -0.15) is 5.10 Å². The predicted octanol–water partition coefficient (Wildman–Crippen LogP) is 3.13. The Balaban J connectivity index is 1.63. The number of hydrogen-bond donors (Lipinski definition) is 2. The number of carbonyl (C=O) groups excluding carboxylic acids is 1. The molecule has 1 aliphatic carbocycles. The summed E-state index contributed by atoms with van der Waals surface area (Å²) in [5.41, 5.74) is 3.47. The van der Waals surface area contributed by atoms with Crippen LogP contribution in [0.2, 0.25) is 0 Å². The first-order valence-electron chi connectivity index (χ1n) is 9.42. The Kier molecular flexibility index (Phi) is 3.80. The number of aromatic nitrogens is 5. The van der Waals surface area contributed by atoms with Gasteiger partial charge in [-0.3, -0.25) is 14.9 Å². The number of nitrogens with one attached hydrogen (secondary N) is 2. The maximum Gasteiger partial charge on any atom is 0.228 e. The molecule has 0 spiro atoms. The van der Waals surface area contributed by atoms with Crippen LogP contribution in [0.1, 0.15) is 18.4 Å². The van der Waals surface area contributed by atoms with E-state index in [0.29, 0.717) is 39.5 Å². The highest BCUT2D eigenvalue weighted by Crippen LogP contribution is 2.38. The summed E-state index contributed by atoms with van der Waals surface area (Å²) in [6.07, 6.45) is 8.70. The lowest BCUT2D eigenvalue weighted by Gasteiger charge is -2.18. The second-order valence-corrected chi connectivity index (χ2v) is 7.64. The van der Waals surface area contributed by atoms with E-state index >= 15 is 4.39 Å². The molecule has 0 unspecified atom stereocenters. The highest BCUT2D eigenvalue weighted by Gasteiger charge is 2.30. The SMILES string of the molecule is Cc1c(F)c(N(C)C)c2[nH]ncc2c1-c1cn2cc(NC(=O)C3CC3)nc2cn1. The van der Waals surface area contributed by atoms with E-state index in [2.05, 4.69) is 25.5 Å². The van der Waals surface area contributed by atoms with Crippen LogP contribution in [0.15, 0.2) is 24.8 Å². The Morgan fingerprint density at radius 3 is 2.83 bits per heavy atom. The zero-order valence-electron chi connectivity index (χ0n) is 16.3. The molecule has 0 radical (unpaired) electrons. The highest BCUT2D eigenvalue weighted by molar-refractivity contribution is 6.02. The molecule has 1 aromatic carbocycles. The van der Waals surface area contributed by atoms with Crippen LogP contribution in [-0.2, 0) is 4.79 Å². The lowest BCUT2D eigenvalue weighted by molar-refractivity contribution is -0.117. The third-order valence-electron chi connectivity index (χ3n) is 5.30. The van der Waals surface area contributed by atoms with Crippen molar-refractivity contribution in [2.45, 2.75) is 19.8 Å². The molecule has 3 heterocycles. The quantitative estimate of drug-likeness (QED) is 0.556. The molecule has 4 aromatic rings. The van der Waals surface area contributed by atoms with Gasteiger partial charge in [-0.15, -0.1) is 0 Å². The summed E-state index contributed by atoms with van der Waals surface area (Å²) in [6, 6.07) is 0. The van der Waals surface area contributed by atoms with Crippen LogP contribution in [-0.4, -0.2) is 44.6 Å². The first-order valence-corrected chi connectivity index (χ1v) is 9.42. The van der Waals surface area contributed by atoms with Gasteiger partial charge in [0.25, 0.3) is 0 Å². The normalized spacial score (nSPS) is 13.9. The van der Waals surface area contributed by atoms with Gasteiger partial charge in [-0.05, 0) is 25.3 Å². The van der Waals surface area contributed by atoms with Gasteiger partial charge in [0.05, 0.1) is 35.5 Å². The van der Waals surface area contributed by atoms with E-state index in [1.54, 1.807) is 55.1 Å². The molecule has 1 amide bonds. The van der Waals surface area contributed by atoms with E-state index in [1.165, 1.54) is 0 Å². The smallest absolute Gasteiger partial charge is 0.228 e. The Bertz CT molecular complexity index is 1270. The average Bonchev–Trinajstić information content (AvgIpc) is 3.30. The third-order valence-corrected chi connectivity index (χ3v) is 5.30. The number of nitrogens with zero attached hydrogens (tertiary/aromatic N) is 5. The van der Waals surface area contributed by atoms with Crippen molar-refractivity contribution < 1.29 is 9.18 Å². The van der Waals surface area contributed by atoms with E-state index < -0.39 is 0 Å². The third kappa shape index (κ3) is 2.81.